The Labute approximate surface area is 117 Å². The molecule has 0 atom stereocenters. The summed E-state index contributed by atoms with van der Waals surface area (Å²) in [5.74, 6) is 0. The first kappa shape index (κ1) is 25.5. The maximum atomic E-state index is 10.1. The molecule has 0 bridgehead atoms. The molecule has 96 valence electrons. The molecule has 0 aromatic heterocycles. The van der Waals surface area contributed by atoms with E-state index in [9.17, 15) is 11.7 Å². The Morgan fingerprint density at radius 1 is 0.562 bits per heavy atom. The molecule has 0 aliphatic rings. The quantitative estimate of drug-likeness (QED) is 0.315. The zero-order valence-electron chi connectivity index (χ0n) is 6.61. The number of hydrogen-bond acceptors (Lipinski definition) is 9. The average molecular weight is 436 g/mol. The predicted molar refractivity (Wildman–Crippen MR) is 32.4 cm³/mol. The van der Waals surface area contributed by atoms with Crippen molar-refractivity contribution < 1.29 is 86.2 Å². The van der Waals surface area contributed by atoms with Crippen molar-refractivity contribution in [2.75, 3.05) is 0 Å². The van der Waals surface area contributed by atoms with Crippen LogP contribution in [0.25, 0.3) is 0 Å². The third-order valence-corrected chi connectivity index (χ3v) is 0. The summed E-state index contributed by atoms with van der Waals surface area (Å²) in [6.07, 6.45) is 0. The van der Waals surface area contributed by atoms with Crippen LogP contribution in [0.1, 0.15) is 0 Å². The zero-order chi connectivity index (χ0) is 13.5. The smallest absolute Gasteiger partial charge is 0.722 e. The fourth-order valence-electron chi connectivity index (χ4n) is 0. The van der Waals surface area contributed by atoms with Gasteiger partial charge in [-0.25, -0.2) is 25.3 Å². The van der Waals surface area contributed by atoms with E-state index < -0.39 is 31.5 Å². The standard InChI is InChI=1S/3FHO3S.La/c3*1-5(2,3)4;/h3*(H,2,3,4);/q;;;+3/p-3. The molecule has 0 N–H and O–H groups in total. The molecule has 16 heavy (non-hydrogen) atoms. The molecule has 16 heteroatoms. The Morgan fingerprint density at radius 3 is 0.562 bits per heavy atom. The van der Waals surface area contributed by atoms with E-state index in [1.807, 2.05) is 0 Å². The minimum absolute atomic E-state index is 0. The minimum atomic E-state index is -5.42. The summed E-state index contributed by atoms with van der Waals surface area (Å²) in [6.45, 7) is 0. The van der Waals surface area contributed by atoms with Crippen molar-refractivity contribution in [1.82, 2.24) is 0 Å². The summed E-state index contributed by atoms with van der Waals surface area (Å²) in [6, 6.07) is 0. The van der Waals surface area contributed by atoms with Gasteiger partial charge in [-0.3, -0.25) is 0 Å². The fraction of sp³-hybridized carbons (Fsp3) is 0. The van der Waals surface area contributed by atoms with Gasteiger partial charge in [-0.15, -0.1) is 11.7 Å². The zero-order valence-corrected chi connectivity index (χ0v) is 12.7. The fourth-order valence-corrected chi connectivity index (χ4v) is 0. The van der Waals surface area contributed by atoms with Crippen LogP contribution in [0.3, 0.4) is 0 Å². The minimum Gasteiger partial charge on any atom is -0.722 e. The van der Waals surface area contributed by atoms with E-state index in [1.54, 1.807) is 0 Å². The Morgan fingerprint density at radius 2 is 0.562 bits per heavy atom. The average Bonchev–Trinajstić information content (AvgIpc) is 1.41. The van der Waals surface area contributed by atoms with Gasteiger partial charge in [-0.2, -0.15) is 0 Å². The maximum Gasteiger partial charge on any atom is 3.00 e. The SMILES string of the molecule is O=S(=O)([O-])F.O=S(=O)([O-])F.O=S(=O)([O-])F.[La+3]. The van der Waals surface area contributed by atoms with Gasteiger partial charge in [0.2, 0.25) is 0 Å². The summed E-state index contributed by atoms with van der Waals surface area (Å²) in [5.41, 5.74) is 0. The van der Waals surface area contributed by atoms with Gasteiger partial charge in [0.25, 0.3) is 31.5 Å². The van der Waals surface area contributed by atoms with Crippen LogP contribution >= 0.6 is 0 Å². The molecule has 0 saturated heterocycles. The molecule has 9 nitrogen and oxygen atoms in total. The van der Waals surface area contributed by atoms with E-state index in [4.69, 9.17) is 38.9 Å². The van der Waals surface area contributed by atoms with Gasteiger partial charge < -0.3 is 13.7 Å². The Hall–Kier alpha value is 0.715. The van der Waals surface area contributed by atoms with Gasteiger partial charge >= 0.3 is 35.6 Å². The second-order valence-electron chi connectivity index (χ2n) is 1.18. The van der Waals surface area contributed by atoms with Crippen molar-refractivity contribution in [2.45, 2.75) is 0 Å². The molecular formula is F3LaO9S3. The molecular weight excluding hydrogens is 436 g/mol. The molecule has 0 aromatic carbocycles. The largest absolute Gasteiger partial charge is 3.00 e. The monoisotopic (exact) mass is 436 g/mol. The topological polar surface area (TPSA) is 172 Å². The first-order valence-electron chi connectivity index (χ1n) is 1.96. The first-order chi connectivity index (χ1) is 6.00. The molecule has 0 heterocycles. The molecule has 0 spiro atoms. The molecule has 0 saturated carbocycles. The molecule has 0 aliphatic carbocycles. The van der Waals surface area contributed by atoms with E-state index in [1.165, 1.54) is 0 Å². The Bertz CT molecular complexity index is 347. The van der Waals surface area contributed by atoms with E-state index >= 15 is 0 Å². The van der Waals surface area contributed by atoms with Crippen LogP contribution in [-0.2, 0) is 31.5 Å². The second-order valence-corrected chi connectivity index (χ2v) is 3.54. The molecule has 0 rings (SSSR count). The first-order valence-corrected chi connectivity index (χ1v) is 5.89. The van der Waals surface area contributed by atoms with Crippen LogP contribution in [0.2, 0.25) is 0 Å². The second kappa shape index (κ2) is 9.72. The van der Waals surface area contributed by atoms with E-state index in [0.717, 1.165) is 0 Å². The van der Waals surface area contributed by atoms with Gasteiger partial charge in [-0.1, -0.05) is 0 Å². The van der Waals surface area contributed by atoms with Crippen molar-refractivity contribution >= 4 is 31.5 Å². The summed E-state index contributed by atoms with van der Waals surface area (Å²) in [7, 11) is -16.2. The third kappa shape index (κ3) is 5420. The summed E-state index contributed by atoms with van der Waals surface area (Å²) < 4.78 is 106. The number of halogens is 3. The Balaban J connectivity index is -0.0000000655. The predicted octanol–water partition coefficient (Wildman–Crippen LogP) is -1.75. The molecule has 0 amide bonds. The number of hydrogen-bond donors (Lipinski definition) is 0. The summed E-state index contributed by atoms with van der Waals surface area (Å²) >= 11 is 0. The summed E-state index contributed by atoms with van der Waals surface area (Å²) in [5, 5.41) is 0. The van der Waals surface area contributed by atoms with Crippen LogP contribution in [0.4, 0.5) is 11.7 Å². The Kier molecular flexibility index (Phi) is 15.5. The van der Waals surface area contributed by atoms with Crippen molar-refractivity contribution in [3.63, 3.8) is 0 Å². The molecule has 0 unspecified atom stereocenters. The van der Waals surface area contributed by atoms with Crippen LogP contribution in [-0.4, -0.2) is 38.9 Å². The molecule has 0 aromatic rings. The molecule has 0 fully saturated rings. The van der Waals surface area contributed by atoms with Crippen molar-refractivity contribution in [2.24, 2.45) is 0 Å². The van der Waals surface area contributed by atoms with Crippen LogP contribution in [0, 0.1) is 35.6 Å². The van der Waals surface area contributed by atoms with Crippen molar-refractivity contribution in [1.29, 1.82) is 0 Å². The maximum absolute atomic E-state index is 10.1. The number of rotatable bonds is 0. The third-order valence-electron chi connectivity index (χ3n) is 0. The van der Waals surface area contributed by atoms with Crippen LogP contribution in [0.15, 0.2) is 0 Å². The van der Waals surface area contributed by atoms with Crippen LogP contribution < -0.4 is 0 Å². The van der Waals surface area contributed by atoms with Crippen LogP contribution in [0.5, 0.6) is 0 Å². The van der Waals surface area contributed by atoms with Crippen molar-refractivity contribution in [3.05, 3.63) is 0 Å². The van der Waals surface area contributed by atoms with Crippen molar-refractivity contribution in [3.8, 4) is 0 Å². The molecule has 0 aliphatic heterocycles. The van der Waals surface area contributed by atoms with Gasteiger partial charge in [0.1, 0.15) is 0 Å². The van der Waals surface area contributed by atoms with E-state index in [0.29, 0.717) is 0 Å². The van der Waals surface area contributed by atoms with Gasteiger partial charge in [0, 0.05) is 0 Å². The van der Waals surface area contributed by atoms with E-state index in [-0.39, 0.29) is 35.6 Å². The van der Waals surface area contributed by atoms with Gasteiger partial charge in [0.15, 0.2) is 0 Å². The van der Waals surface area contributed by atoms with Gasteiger partial charge in [-0.05, 0) is 0 Å². The van der Waals surface area contributed by atoms with E-state index in [2.05, 4.69) is 0 Å². The summed E-state index contributed by atoms with van der Waals surface area (Å²) in [4.78, 5) is 0. The van der Waals surface area contributed by atoms with Gasteiger partial charge in [0.05, 0.1) is 0 Å². The molecule has 0 radical (unpaired) electrons. The normalized spacial score (nSPS) is 10.9.